The highest BCUT2D eigenvalue weighted by atomic mass is 15.2. The predicted octanol–water partition coefficient (Wildman–Crippen LogP) is 1.98. The van der Waals surface area contributed by atoms with Gasteiger partial charge in [-0.15, -0.1) is 0 Å². The van der Waals surface area contributed by atoms with Crippen LogP contribution in [0.4, 0.5) is 5.69 Å². The number of likely N-dealkylation sites (tertiary alicyclic amines) is 1. The number of anilines is 1. The summed E-state index contributed by atoms with van der Waals surface area (Å²) in [4.78, 5) is 4.85. The van der Waals surface area contributed by atoms with Gasteiger partial charge in [0.05, 0.1) is 0 Å². The summed E-state index contributed by atoms with van der Waals surface area (Å²) in [6.45, 7) is 5.14. The van der Waals surface area contributed by atoms with Crippen molar-refractivity contribution in [1.82, 2.24) is 4.90 Å². The molecule has 1 aliphatic rings. The lowest BCUT2D eigenvalue weighted by Gasteiger charge is -2.28. The fourth-order valence-electron chi connectivity index (χ4n) is 2.90. The van der Waals surface area contributed by atoms with Crippen LogP contribution in [0.2, 0.25) is 0 Å². The molecule has 1 aromatic carbocycles. The average Bonchev–Trinajstić information content (AvgIpc) is 2.74. The van der Waals surface area contributed by atoms with Gasteiger partial charge in [-0.05, 0) is 50.6 Å². The molecule has 18 heavy (non-hydrogen) atoms. The summed E-state index contributed by atoms with van der Waals surface area (Å²) in [5, 5.41) is 0. The molecular weight excluding hydrogens is 222 g/mol. The lowest BCUT2D eigenvalue weighted by atomic mass is 10.1. The summed E-state index contributed by atoms with van der Waals surface area (Å²) in [5.74, 6) is 0. The van der Waals surface area contributed by atoms with E-state index in [-0.39, 0.29) is 0 Å². The molecule has 0 saturated carbocycles. The molecular formula is C15H25N3. The third-order valence-electron chi connectivity index (χ3n) is 4.06. The molecule has 0 radical (unpaired) electrons. The van der Waals surface area contributed by atoms with Gasteiger partial charge < -0.3 is 15.5 Å². The zero-order valence-electron chi connectivity index (χ0n) is 11.8. The van der Waals surface area contributed by atoms with Gasteiger partial charge in [-0.1, -0.05) is 12.1 Å². The van der Waals surface area contributed by atoms with Crippen LogP contribution in [0.15, 0.2) is 18.2 Å². The Morgan fingerprint density at radius 2 is 2.22 bits per heavy atom. The maximum absolute atomic E-state index is 5.67. The molecule has 1 heterocycles. The van der Waals surface area contributed by atoms with Crippen molar-refractivity contribution in [3.05, 3.63) is 29.3 Å². The van der Waals surface area contributed by atoms with Gasteiger partial charge in [-0.2, -0.15) is 0 Å². The molecule has 0 aromatic heterocycles. The highest BCUT2D eigenvalue weighted by Gasteiger charge is 2.22. The van der Waals surface area contributed by atoms with Crippen LogP contribution < -0.4 is 10.6 Å². The molecule has 0 spiro atoms. The van der Waals surface area contributed by atoms with Crippen molar-refractivity contribution in [3.63, 3.8) is 0 Å². The van der Waals surface area contributed by atoms with Crippen LogP contribution in [0.25, 0.3) is 0 Å². The van der Waals surface area contributed by atoms with E-state index < -0.39 is 0 Å². The smallest absolute Gasteiger partial charge is 0.0394 e. The normalized spacial score (nSPS) is 20.3. The lowest BCUT2D eigenvalue weighted by Crippen LogP contribution is -2.36. The highest BCUT2D eigenvalue weighted by molar-refractivity contribution is 5.54. The molecule has 3 nitrogen and oxygen atoms in total. The van der Waals surface area contributed by atoms with E-state index in [1.54, 1.807) is 0 Å². The average molecular weight is 247 g/mol. The monoisotopic (exact) mass is 247 g/mol. The summed E-state index contributed by atoms with van der Waals surface area (Å²) in [6, 6.07) is 7.23. The lowest BCUT2D eigenvalue weighted by molar-refractivity contribution is 0.314. The minimum atomic E-state index is 0.621. The fourth-order valence-corrected chi connectivity index (χ4v) is 2.90. The summed E-state index contributed by atoms with van der Waals surface area (Å²) >= 11 is 0. The van der Waals surface area contributed by atoms with Gasteiger partial charge in [0.15, 0.2) is 0 Å². The van der Waals surface area contributed by atoms with Crippen molar-refractivity contribution in [3.8, 4) is 0 Å². The third kappa shape index (κ3) is 2.85. The van der Waals surface area contributed by atoms with Crippen molar-refractivity contribution >= 4 is 5.69 Å². The summed E-state index contributed by atoms with van der Waals surface area (Å²) < 4.78 is 0. The summed E-state index contributed by atoms with van der Waals surface area (Å²) in [6.07, 6.45) is 2.65. The molecule has 2 N–H and O–H groups in total. The Morgan fingerprint density at radius 3 is 2.78 bits per heavy atom. The standard InChI is InChI=1S/C15H25N3/c1-12-9-13(10-16)6-7-15(12)18(3)11-14-5-4-8-17(14)2/h6-7,9,14H,4-5,8,10-11,16H2,1-3H3. The molecule has 1 saturated heterocycles. The second-order valence-electron chi connectivity index (χ2n) is 5.48. The molecule has 1 unspecified atom stereocenters. The molecule has 0 aliphatic carbocycles. The van der Waals surface area contributed by atoms with Gasteiger partial charge in [0, 0.05) is 31.9 Å². The van der Waals surface area contributed by atoms with Crippen molar-refractivity contribution in [2.45, 2.75) is 32.4 Å². The van der Waals surface area contributed by atoms with E-state index in [0.717, 1.165) is 6.54 Å². The number of hydrogen-bond acceptors (Lipinski definition) is 3. The molecule has 2 rings (SSSR count). The first-order valence-corrected chi connectivity index (χ1v) is 6.83. The molecule has 3 heteroatoms. The van der Waals surface area contributed by atoms with E-state index >= 15 is 0 Å². The Hall–Kier alpha value is -1.06. The molecule has 1 aromatic rings. The largest absolute Gasteiger partial charge is 0.373 e. The second kappa shape index (κ2) is 5.72. The zero-order chi connectivity index (χ0) is 13.1. The van der Waals surface area contributed by atoms with Crippen LogP contribution in [0, 0.1) is 6.92 Å². The number of nitrogens with two attached hydrogens (primary N) is 1. The Morgan fingerprint density at radius 1 is 1.44 bits per heavy atom. The summed E-state index contributed by atoms with van der Waals surface area (Å²) in [5.41, 5.74) is 9.53. The van der Waals surface area contributed by atoms with Crippen LogP contribution in [0.1, 0.15) is 24.0 Å². The number of nitrogens with zero attached hydrogens (tertiary/aromatic N) is 2. The number of rotatable bonds is 4. The van der Waals surface area contributed by atoms with Crippen LogP contribution in [0.3, 0.4) is 0 Å². The van der Waals surface area contributed by atoms with E-state index in [2.05, 4.69) is 49.0 Å². The van der Waals surface area contributed by atoms with Crippen molar-refractivity contribution < 1.29 is 0 Å². The van der Waals surface area contributed by atoms with Gasteiger partial charge in [0.25, 0.3) is 0 Å². The molecule has 1 fully saturated rings. The van der Waals surface area contributed by atoms with Gasteiger partial charge >= 0.3 is 0 Å². The number of hydrogen-bond donors (Lipinski definition) is 1. The Bertz CT molecular complexity index is 403. The maximum Gasteiger partial charge on any atom is 0.0394 e. The molecule has 0 bridgehead atoms. The van der Waals surface area contributed by atoms with Crippen molar-refractivity contribution in [1.29, 1.82) is 0 Å². The van der Waals surface area contributed by atoms with E-state index in [1.807, 2.05) is 0 Å². The second-order valence-corrected chi connectivity index (χ2v) is 5.48. The predicted molar refractivity (Wildman–Crippen MR) is 78.0 cm³/mol. The Labute approximate surface area is 111 Å². The molecule has 100 valence electrons. The van der Waals surface area contributed by atoms with E-state index in [9.17, 15) is 0 Å². The first kappa shape index (κ1) is 13.4. The Kier molecular flexibility index (Phi) is 4.25. The number of aryl methyl sites for hydroxylation is 1. The van der Waals surface area contributed by atoms with E-state index in [0.29, 0.717) is 12.6 Å². The van der Waals surface area contributed by atoms with Crippen molar-refractivity contribution in [2.24, 2.45) is 5.73 Å². The first-order valence-electron chi connectivity index (χ1n) is 6.83. The first-order chi connectivity index (χ1) is 8.61. The Balaban J connectivity index is 2.06. The van der Waals surface area contributed by atoms with Crippen LogP contribution >= 0.6 is 0 Å². The van der Waals surface area contributed by atoms with Gasteiger partial charge in [0.2, 0.25) is 0 Å². The van der Waals surface area contributed by atoms with Crippen LogP contribution in [-0.4, -0.2) is 38.1 Å². The van der Waals surface area contributed by atoms with E-state index in [4.69, 9.17) is 5.73 Å². The van der Waals surface area contributed by atoms with Gasteiger partial charge in [-0.25, -0.2) is 0 Å². The number of likely N-dealkylation sites (N-methyl/N-ethyl adjacent to an activating group) is 2. The number of benzene rings is 1. The zero-order valence-corrected chi connectivity index (χ0v) is 11.8. The molecule has 0 amide bonds. The SMILES string of the molecule is Cc1cc(CN)ccc1N(C)CC1CCCN1C. The topological polar surface area (TPSA) is 32.5 Å². The van der Waals surface area contributed by atoms with Crippen LogP contribution in [-0.2, 0) is 6.54 Å². The highest BCUT2D eigenvalue weighted by Crippen LogP contribution is 2.23. The maximum atomic E-state index is 5.67. The minimum absolute atomic E-state index is 0.621. The van der Waals surface area contributed by atoms with Gasteiger partial charge in [0.1, 0.15) is 0 Å². The van der Waals surface area contributed by atoms with Crippen molar-refractivity contribution in [2.75, 3.05) is 32.1 Å². The fraction of sp³-hybridized carbons (Fsp3) is 0.600. The molecule has 1 atom stereocenters. The van der Waals surface area contributed by atoms with E-state index in [1.165, 1.54) is 36.2 Å². The van der Waals surface area contributed by atoms with Crippen LogP contribution in [0.5, 0.6) is 0 Å². The third-order valence-corrected chi connectivity index (χ3v) is 4.06. The molecule has 1 aliphatic heterocycles. The minimum Gasteiger partial charge on any atom is -0.373 e. The van der Waals surface area contributed by atoms with Gasteiger partial charge in [-0.3, -0.25) is 0 Å². The quantitative estimate of drug-likeness (QED) is 0.883. The summed E-state index contributed by atoms with van der Waals surface area (Å²) in [7, 11) is 4.42.